The second-order valence-electron chi connectivity index (χ2n) is 8.63. The quantitative estimate of drug-likeness (QED) is 0.630. The number of anilines is 1. The Balaban J connectivity index is 1.25. The normalized spacial score (nSPS) is 24.5. The van der Waals surface area contributed by atoms with Crippen LogP contribution in [0.1, 0.15) is 30.2 Å². The van der Waals surface area contributed by atoms with E-state index in [1.165, 1.54) is 17.4 Å². The van der Waals surface area contributed by atoms with Crippen LogP contribution in [-0.2, 0) is 16.3 Å². The molecule has 1 spiro atoms. The minimum atomic E-state index is -2.98. The molecule has 0 N–H and O–H groups in total. The molecule has 3 aliphatic rings. The van der Waals surface area contributed by atoms with Gasteiger partial charge in [-0.15, -0.1) is 11.3 Å². The summed E-state index contributed by atoms with van der Waals surface area (Å²) in [5.74, 6) is -1.30. The van der Waals surface area contributed by atoms with Gasteiger partial charge in [0.1, 0.15) is 12.2 Å². The van der Waals surface area contributed by atoms with Crippen molar-refractivity contribution in [2.24, 2.45) is 11.0 Å². The van der Waals surface area contributed by atoms with Gasteiger partial charge in [-0.1, -0.05) is 11.6 Å². The van der Waals surface area contributed by atoms with Gasteiger partial charge in [-0.25, -0.2) is 9.99 Å². The van der Waals surface area contributed by atoms with Crippen molar-refractivity contribution < 1.29 is 18.3 Å². The number of likely N-dealkylation sites (tertiary alicyclic amines) is 1. The molecule has 0 aromatic carbocycles. The molecule has 6 nitrogen and oxygen atoms in total. The summed E-state index contributed by atoms with van der Waals surface area (Å²) in [6.07, 6.45) is 3.08. The highest BCUT2D eigenvalue weighted by atomic mass is 35.5. The van der Waals surface area contributed by atoms with Gasteiger partial charge < -0.3 is 14.4 Å². The minimum absolute atomic E-state index is 0.0471. The van der Waals surface area contributed by atoms with Crippen LogP contribution in [0.3, 0.4) is 0 Å². The average Bonchev–Trinajstić information content (AvgIpc) is 3.37. The maximum absolute atomic E-state index is 14.4. The van der Waals surface area contributed by atoms with E-state index in [0.717, 1.165) is 31.9 Å². The van der Waals surface area contributed by atoms with Gasteiger partial charge in [-0.3, -0.25) is 0 Å². The molecule has 1 saturated heterocycles. The van der Waals surface area contributed by atoms with Crippen LogP contribution in [0.2, 0.25) is 4.34 Å². The number of piperidine rings is 1. The molecule has 1 fully saturated rings. The highest BCUT2D eigenvalue weighted by Crippen LogP contribution is 2.52. The number of aromatic nitrogens is 1. The van der Waals surface area contributed by atoms with E-state index in [1.807, 2.05) is 24.1 Å². The third-order valence-corrected chi connectivity index (χ3v) is 8.11. The van der Waals surface area contributed by atoms with Gasteiger partial charge in [0.05, 0.1) is 18.0 Å². The summed E-state index contributed by atoms with van der Waals surface area (Å²) in [6.45, 7) is 4.59. The summed E-state index contributed by atoms with van der Waals surface area (Å²) < 4.78 is 40.3. The van der Waals surface area contributed by atoms with Crippen molar-refractivity contribution in [3.63, 3.8) is 0 Å². The van der Waals surface area contributed by atoms with Crippen LogP contribution in [-0.4, -0.2) is 55.5 Å². The molecule has 3 aliphatic heterocycles. The second kappa shape index (κ2) is 8.20. The van der Waals surface area contributed by atoms with E-state index in [4.69, 9.17) is 26.2 Å². The van der Waals surface area contributed by atoms with Gasteiger partial charge >= 0.3 is 0 Å². The fraction of sp³-hybridized carbons (Fsp3) is 0.545. The summed E-state index contributed by atoms with van der Waals surface area (Å²) in [7, 11) is 1.63. The largest absolute Gasteiger partial charge is 0.493 e. The molecule has 0 saturated carbocycles. The first-order chi connectivity index (χ1) is 15.3. The molecule has 5 rings (SSSR count). The van der Waals surface area contributed by atoms with Crippen LogP contribution in [0.5, 0.6) is 5.75 Å². The third kappa shape index (κ3) is 3.79. The van der Waals surface area contributed by atoms with E-state index in [1.54, 1.807) is 13.3 Å². The lowest BCUT2D eigenvalue weighted by Crippen LogP contribution is -2.50. The summed E-state index contributed by atoms with van der Waals surface area (Å²) in [6, 6.07) is 5.13. The maximum atomic E-state index is 14.4. The lowest BCUT2D eigenvalue weighted by atomic mass is 9.84. The zero-order chi connectivity index (χ0) is 22.5. The fourth-order valence-corrected chi connectivity index (χ4v) is 6.32. The topological polar surface area (TPSA) is 50.2 Å². The van der Waals surface area contributed by atoms with E-state index >= 15 is 0 Å². The first-order valence-corrected chi connectivity index (χ1v) is 11.9. The van der Waals surface area contributed by atoms with Gasteiger partial charge in [-0.05, 0) is 38.0 Å². The second-order valence-corrected chi connectivity index (χ2v) is 10.3. The molecule has 0 radical (unpaired) electrons. The highest BCUT2D eigenvalue weighted by molar-refractivity contribution is 7.16. The molecule has 10 heteroatoms. The van der Waals surface area contributed by atoms with Crippen molar-refractivity contribution in [2.75, 3.05) is 44.9 Å². The monoisotopic (exact) mass is 482 g/mol. The Morgan fingerprint density at radius 3 is 2.88 bits per heavy atom. The maximum Gasteiger partial charge on any atom is 0.297 e. The first kappa shape index (κ1) is 22.0. The number of hydrogen-bond acceptors (Lipinski definition) is 7. The molecular formula is C22H25ClF2N4O2S. The average molecular weight is 483 g/mol. The van der Waals surface area contributed by atoms with Gasteiger partial charge in [0.2, 0.25) is 0 Å². The molecular weight excluding hydrogens is 458 g/mol. The number of methoxy groups -OCH3 is 1. The molecule has 32 heavy (non-hydrogen) atoms. The van der Waals surface area contributed by atoms with E-state index in [0.29, 0.717) is 33.6 Å². The number of thiophene rings is 1. The highest BCUT2D eigenvalue weighted by Gasteiger charge is 2.51. The standard InChI is InChI=1S/C22H25ClF2N4O2S/c1-14-15(12-29(27-14)20-17(30-2)4-3-7-26-20)11-28-8-5-21(6-9-28)19-16(10-18(23)32-19)22(24,25)13-31-21/h3-4,7,10,15H,5-6,8-9,11-13H2,1-2H3. The minimum Gasteiger partial charge on any atom is -0.493 e. The molecule has 2 aromatic heterocycles. The number of hydrogen-bond donors (Lipinski definition) is 0. The van der Waals surface area contributed by atoms with Gasteiger partial charge in [0.25, 0.3) is 5.92 Å². The van der Waals surface area contributed by atoms with Gasteiger partial charge in [0.15, 0.2) is 11.6 Å². The Kier molecular flexibility index (Phi) is 5.64. The van der Waals surface area contributed by atoms with Crippen molar-refractivity contribution >= 4 is 34.5 Å². The van der Waals surface area contributed by atoms with Crippen molar-refractivity contribution in [3.05, 3.63) is 39.2 Å². The van der Waals surface area contributed by atoms with E-state index in [9.17, 15) is 8.78 Å². The summed E-state index contributed by atoms with van der Waals surface area (Å²) in [5, 5.41) is 6.61. The lowest BCUT2D eigenvalue weighted by Gasteiger charge is -2.45. The Morgan fingerprint density at radius 2 is 2.12 bits per heavy atom. The zero-order valence-electron chi connectivity index (χ0n) is 18.0. The number of rotatable bonds is 4. The molecule has 0 bridgehead atoms. The third-order valence-electron chi connectivity index (χ3n) is 6.66. The molecule has 172 valence electrons. The van der Waals surface area contributed by atoms with E-state index < -0.39 is 18.1 Å². The van der Waals surface area contributed by atoms with Crippen molar-refractivity contribution in [2.45, 2.75) is 31.3 Å². The Labute approximate surface area is 194 Å². The number of hydrazone groups is 1. The van der Waals surface area contributed by atoms with Gasteiger partial charge in [-0.2, -0.15) is 13.9 Å². The van der Waals surface area contributed by atoms with Crippen LogP contribution in [0.25, 0.3) is 0 Å². The fourth-order valence-electron chi connectivity index (χ4n) is 4.84. The van der Waals surface area contributed by atoms with Crippen molar-refractivity contribution in [3.8, 4) is 5.75 Å². The van der Waals surface area contributed by atoms with E-state index in [-0.39, 0.29) is 11.5 Å². The first-order valence-electron chi connectivity index (χ1n) is 10.7. The van der Waals surface area contributed by atoms with Crippen LogP contribution < -0.4 is 9.75 Å². The van der Waals surface area contributed by atoms with Crippen LogP contribution in [0, 0.1) is 5.92 Å². The Morgan fingerprint density at radius 1 is 1.34 bits per heavy atom. The molecule has 1 atom stereocenters. The Bertz CT molecular complexity index is 1040. The van der Waals surface area contributed by atoms with Gasteiger partial charge in [0, 0.05) is 47.9 Å². The predicted octanol–water partition coefficient (Wildman–Crippen LogP) is 4.73. The summed E-state index contributed by atoms with van der Waals surface area (Å²) in [5.41, 5.74) is 0.446. The molecule has 0 aliphatic carbocycles. The lowest BCUT2D eigenvalue weighted by molar-refractivity contribution is -0.181. The number of pyridine rings is 1. The summed E-state index contributed by atoms with van der Waals surface area (Å²) >= 11 is 7.34. The molecule has 1 unspecified atom stereocenters. The number of fused-ring (bicyclic) bond motifs is 2. The van der Waals surface area contributed by atoms with E-state index in [2.05, 4.69) is 9.88 Å². The van der Waals surface area contributed by atoms with Crippen LogP contribution >= 0.6 is 22.9 Å². The number of alkyl halides is 2. The Hall–Kier alpha value is -1.81. The smallest absolute Gasteiger partial charge is 0.297 e. The van der Waals surface area contributed by atoms with Crippen LogP contribution in [0.4, 0.5) is 14.6 Å². The van der Waals surface area contributed by atoms with Crippen molar-refractivity contribution in [1.29, 1.82) is 0 Å². The van der Waals surface area contributed by atoms with Crippen LogP contribution in [0.15, 0.2) is 29.5 Å². The predicted molar refractivity (Wildman–Crippen MR) is 121 cm³/mol. The zero-order valence-corrected chi connectivity index (χ0v) is 19.6. The van der Waals surface area contributed by atoms with Crippen molar-refractivity contribution in [1.82, 2.24) is 9.88 Å². The number of ether oxygens (including phenoxy) is 2. The SMILES string of the molecule is COc1cccnc1N1CC(CN2CCC3(CC2)OCC(F)(F)c2cc(Cl)sc23)C(C)=N1. The molecule has 2 aromatic rings. The molecule has 5 heterocycles. The summed E-state index contributed by atoms with van der Waals surface area (Å²) in [4.78, 5) is 7.41. The number of nitrogens with zero attached hydrogens (tertiary/aromatic N) is 4. The number of halogens is 3. The molecule has 0 amide bonds.